The molecule has 0 amide bonds. The van der Waals surface area contributed by atoms with E-state index in [1.165, 1.54) is 71.1 Å². The topological polar surface area (TPSA) is 15.3 Å². The number of unbranched alkanes of at least 4 members (excludes halogenated alkanes) is 3. The molecule has 1 N–H and O–H groups in total. The summed E-state index contributed by atoms with van der Waals surface area (Å²) in [7, 11) is 0. The van der Waals surface area contributed by atoms with Gasteiger partial charge in [-0.3, -0.25) is 0 Å². The molecule has 0 unspecified atom stereocenters. The highest BCUT2D eigenvalue weighted by Crippen LogP contribution is 2.11. The van der Waals surface area contributed by atoms with Crippen molar-refractivity contribution in [2.45, 2.75) is 71.8 Å². The van der Waals surface area contributed by atoms with E-state index in [9.17, 15) is 0 Å². The maximum atomic E-state index is 3.74. The molecule has 1 aliphatic heterocycles. The van der Waals surface area contributed by atoms with E-state index in [2.05, 4.69) is 31.0 Å². The van der Waals surface area contributed by atoms with Gasteiger partial charge < -0.3 is 10.2 Å². The van der Waals surface area contributed by atoms with E-state index in [4.69, 9.17) is 0 Å². The van der Waals surface area contributed by atoms with E-state index in [0.717, 1.165) is 12.0 Å². The molecule has 1 rings (SSSR count). The zero-order valence-electron chi connectivity index (χ0n) is 12.9. The fourth-order valence-electron chi connectivity index (χ4n) is 2.79. The average Bonchev–Trinajstić information content (AvgIpc) is 2.38. The standard InChI is InChI=1S/C16H34N2/c1-4-18-13-10-16(11-14-18)17-12-8-6-5-7-9-15(2)3/h15-17H,4-14H2,1-3H3. The van der Waals surface area contributed by atoms with Gasteiger partial charge in [0.2, 0.25) is 0 Å². The molecule has 1 aliphatic rings. The van der Waals surface area contributed by atoms with Gasteiger partial charge in [0.1, 0.15) is 0 Å². The van der Waals surface area contributed by atoms with Crippen molar-refractivity contribution >= 4 is 0 Å². The van der Waals surface area contributed by atoms with E-state index in [0.29, 0.717) is 0 Å². The van der Waals surface area contributed by atoms with Gasteiger partial charge in [-0.15, -0.1) is 0 Å². The number of nitrogens with zero attached hydrogens (tertiary/aromatic N) is 1. The van der Waals surface area contributed by atoms with E-state index in [1.807, 2.05) is 0 Å². The predicted molar refractivity (Wildman–Crippen MR) is 81.1 cm³/mol. The second-order valence-electron chi connectivity index (χ2n) is 6.26. The Morgan fingerprint density at radius 1 is 1.06 bits per heavy atom. The van der Waals surface area contributed by atoms with Crippen LogP contribution >= 0.6 is 0 Å². The Morgan fingerprint density at radius 2 is 1.72 bits per heavy atom. The quantitative estimate of drug-likeness (QED) is 0.632. The molecule has 1 saturated heterocycles. The molecular formula is C16H34N2. The van der Waals surface area contributed by atoms with Crippen LogP contribution < -0.4 is 5.32 Å². The van der Waals surface area contributed by atoms with Crippen molar-refractivity contribution in [3.63, 3.8) is 0 Å². The number of rotatable bonds is 9. The average molecular weight is 254 g/mol. The molecule has 0 radical (unpaired) electrons. The molecule has 0 aromatic carbocycles. The Morgan fingerprint density at radius 3 is 2.33 bits per heavy atom. The van der Waals surface area contributed by atoms with Crippen LogP contribution in [0.4, 0.5) is 0 Å². The molecule has 18 heavy (non-hydrogen) atoms. The molecule has 0 atom stereocenters. The highest BCUT2D eigenvalue weighted by atomic mass is 15.1. The first-order valence-electron chi connectivity index (χ1n) is 8.18. The summed E-state index contributed by atoms with van der Waals surface area (Å²) in [6.07, 6.45) is 9.73. The second kappa shape index (κ2) is 9.80. The van der Waals surface area contributed by atoms with Crippen LogP contribution in [0, 0.1) is 5.92 Å². The fourth-order valence-corrected chi connectivity index (χ4v) is 2.79. The van der Waals surface area contributed by atoms with Crippen molar-refractivity contribution in [2.75, 3.05) is 26.2 Å². The number of hydrogen-bond donors (Lipinski definition) is 1. The van der Waals surface area contributed by atoms with Crippen LogP contribution in [0.15, 0.2) is 0 Å². The van der Waals surface area contributed by atoms with Gasteiger partial charge in [-0.25, -0.2) is 0 Å². The summed E-state index contributed by atoms with van der Waals surface area (Å²) in [5, 5.41) is 3.74. The van der Waals surface area contributed by atoms with E-state index in [1.54, 1.807) is 0 Å². The number of hydrogen-bond acceptors (Lipinski definition) is 2. The third-order valence-electron chi connectivity index (χ3n) is 4.18. The maximum absolute atomic E-state index is 3.74. The lowest BCUT2D eigenvalue weighted by atomic mass is 10.0. The molecule has 2 nitrogen and oxygen atoms in total. The van der Waals surface area contributed by atoms with Gasteiger partial charge in [0.05, 0.1) is 0 Å². The molecule has 0 aromatic rings. The van der Waals surface area contributed by atoms with Crippen molar-refractivity contribution in [1.82, 2.24) is 10.2 Å². The second-order valence-corrected chi connectivity index (χ2v) is 6.26. The van der Waals surface area contributed by atoms with Crippen molar-refractivity contribution < 1.29 is 0 Å². The molecule has 1 fully saturated rings. The lowest BCUT2D eigenvalue weighted by molar-refractivity contribution is 0.206. The molecule has 108 valence electrons. The third-order valence-corrected chi connectivity index (χ3v) is 4.18. The largest absolute Gasteiger partial charge is 0.314 e. The summed E-state index contributed by atoms with van der Waals surface area (Å²) in [4.78, 5) is 2.56. The smallest absolute Gasteiger partial charge is 0.00914 e. The number of nitrogens with one attached hydrogen (secondary N) is 1. The van der Waals surface area contributed by atoms with Gasteiger partial charge in [-0.2, -0.15) is 0 Å². The van der Waals surface area contributed by atoms with Crippen LogP contribution in [0.1, 0.15) is 65.7 Å². The summed E-state index contributed by atoms with van der Waals surface area (Å²) in [6, 6.07) is 0.795. The van der Waals surface area contributed by atoms with Gasteiger partial charge in [0.25, 0.3) is 0 Å². The molecule has 1 heterocycles. The first-order valence-corrected chi connectivity index (χ1v) is 8.18. The van der Waals surface area contributed by atoms with Gasteiger partial charge in [-0.1, -0.05) is 46.5 Å². The summed E-state index contributed by atoms with van der Waals surface area (Å²) in [5.74, 6) is 0.881. The fraction of sp³-hybridized carbons (Fsp3) is 1.00. The normalized spacial score (nSPS) is 18.7. The summed E-state index contributed by atoms with van der Waals surface area (Å²) in [6.45, 7) is 12.0. The third kappa shape index (κ3) is 7.38. The Balaban J connectivity index is 1.86. The minimum Gasteiger partial charge on any atom is -0.314 e. The molecule has 0 bridgehead atoms. The molecule has 0 aromatic heterocycles. The number of likely N-dealkylation sites (tertiary alicyclic amines) is 1. The van der Waals surface area contributed by atoms with E-state index in [-0.39, 0.29) is 0 Å². The van der Waals surface area contributed by atoms with E-state index >= 15 is 0 Å². The van der Waals surface area contributed by atoms with Gasteiger partial charge in [0, 0.05) is 6.04 Å². The lowest BCUT2D eigenvalue weighted by Gasteiger charge is -2.31. The minimum absolute atomic E-state index is 0.795. The van der Waals surface area contributed by atoms with Crippen LogP contribution in [0.25, 0.3) is 0 Å². The number of piperidine rings is 1. The van der Waals surface area contributed by atoms with Crippen LogP contribution in [-0.4, -0.2) is 37.1 Å². The molecule has 0 saturated carbocycles. The van der Waals surface area contributed by atoms with Crippen molar-refractivity contribution in [3.8, 4) is 0 Å². The molecule has 0 aliphatic carbocycles. The summed E-state index contributed by atoms with van der Waals surface area (Å²) >= 11 is 0. The van der Waals surface area contributed by atoms with Crippen LogP contribution in [0.2, 0.25) is 0 Å². The summed E-state index contributed by atoms with van der Waals surface area (Å²) < 4.78 is 0. The van der Waals surface area contributed by atoms with Crippen LogP contribution in [0.3, 0.4) is 0 Å². The Bertz CT molecular complexity index is 184. The first kappa shape index (κ1) is 16.0. The summed E-state index contributed by atoms with van der Waals surface area (Å²) in [5.41, 5.74) is 0. The Kier molecular flexibility index (Phi) is 8.70. The highest BCUT2D eigenvalue weighted by Gasteiger charge is 2.16. The maximum Gasteiger partial charge on any atom is 0.00914 e. The van der Waals surface area contributed by atoms with Gasteiger partial charge >= 0.3 is 0 Å². The van der Waals surface area contributed by atoms with Gasteiger partial charge in [-0.05, 0) is 51.4 Å². The zero-order chi connectivity index (χ0) is 13.2. The Hall–Kier alpha value is -0.0800. The first-order chi connectivity index (χ1) is 8.72. The van der Waals surface area contributed by atoms with Crippen molar-refractivity contribution in [1.29, 1.82) is 0 Å². The minimum atomic E-state index is 0.795. The monoisotopic (exact) mass is 254 g/mol. The van der Waals surface area contributed by atoms with Crippen molar-refractivity contribution in [2.24, 2.45) is 5.92 Å². The molecular weight excluding hydrogens is 220 g/mol. The van der Waals surface area contributed by atoms with Crippen molar-refractivity contribution in [3.05, 3.63) is 0 Å². The highest BCUT2D eigenvalue weighted by molar-refractivity contribution is 4.76. The van der Waals surface area contributed by atoms with Crippen LogP contribution in [0.5, 0.6) is 0 Å². The zero-order valence-corrected chi connectivity index (χ0v) is 12.9. The molecule has 2 heteroatoms. The SMILES string of the molecule is CCN1CCC(NCCCCCCC(C)C)CC1. The predicted octanol–water partition coefficient (Wildman–Crippen LogP) is 3.67. The van der Waals surface area contributed by atoms with Crippen LogP contribution in [-0.2, 0) is 0 Å². The van der Waals surface area contributed by atoms with E-state index < -0.39 is 0 Å². The Labute approximate surface area is 115 Å². The molecule has 0 spiro atoms. The van der Waals surface area contributed by atoms with Gasteiger partial charge in [0.15, 0.2) is 0 Å². The lowest BCUT2D eigenvalue weighted by Crippen LogP contribution is -2.42.